The fourth-order valence-corrected chi connectivity index (χ4v) is 0.810. The summed E-state index contributed by atoms with van der Waals surface area (Å²) in [6, 6.07) is 1.10. The van der Waals surface area contributed by atoms with Gasteiger partial charge in [0, 0.05) is 12.5 Å². The largest absolute Gasteiger partial charge is 0.303 e. The molecule has 0 aliphatic heterocycles. The lowest BCUT2D eigenvalue weighted by molar-refractivity contribution is -0.107. The monoisotopic (exact) mass is 174 g/mol. The summed E-state index contributed by atoms with van der Waals surface area (Å²) in [7, 11) is 0. The van der Waals surface area contributed by atoms with Crippen LogP contribution in [0.25, 0.3) is 0 Å². The number of carbonyl (C=O) groups excluding carboxylic acids is 1. The standard InChI is InChI=1S/C8H5F3O/c9-6-4-8(11)7(10)3-5(6)1-2-12/h2-4H,1H2. The molecule has 0 radical (unpaired) electrons. The van der Waals surface area contributed by atoms with Crippen LogP contribution in [0.15, 0.2) is 12.1 Å². The van der Waals surface area contributed by atoms with Gasteiger partial charge in [-0.3, -0.25) is 0 Å². The van der Waals surface area contributed by atoms with E-state index < -0.39 is 17.5 Å². The molecule has 0 atom stereocenters. The summed E-state index contributed by atoms with van der Waals surface area (Å²) < 4.78 is 37.4. The van der Waals surface area contributed by atoms with Gasteiger partial charge in [-0.15, -0.1) is 0 Å². The van der Waals surface area contributed by atoms with Gasteiger partial charge in [0.15, 0.2) is 11.6 Å². The van der Waals surface area contributed by atoms with Gasteiger partial charge in [0.1, 0.15) is 12.1 Å². The summed E-state index contributed by atoms with van der Waals surface area (Å²) in [5.41, 5.74) is -0.135. The molecule has 1 nitrogen and oxygen atoms in total. The number of hydrogen-bond acceptors (Lipinski definition) is 1. The van der Waals surface area contributed by atoms with Gasteiger partial charge in [0.2, 0.25) is 0 Å². The molecule has 0 aliphatic rings. The van der Waals surface area contributed by atoms with Crippen LogP contribution < -0.4 is 0 Å². The molecule has 0 unspecified atom stereocenters. The molecule has 0 aromatic heterocycles. The van der Waals surface area contributed by atoms with Gasteiger partial charge in [-0.25, -0.2) is 13.2 Å². The highest BCUT2D eigenvalue weighted by Gasteiger charge is 2.08. The second kappa shape index (κ2) is 3.38. The number of carbonyl (C=O) groups is 1. The van der Waals surface area contributed by atoms with Crippen molar-refractivity contribution in [2.75, 3.05) is 0 Å². The van der Waals surface area contributed by atoms with E-state index in [0.717, 1.165) is 0 Å². The molecule has 0 spiro atoms. The van der Waals surface area contributed by atoms with Crippen molar-refractivity contribution in [1.82, 2.24) is 0 Å². The minimum Gasteiger partial charge on any atom is -0.303 e. The minimum absolute atomic E-state index is 0.135. The van der Waals surface area contributed by atoms with Crippen LogP contribution >= 0.6 is 0 Å². The summed E-state index contributed by atoms with van der Waals surface area (Å²) in [5, 5.41) is 0. The van der Waals surface area contributed by atoms with Crippen LogP contribution in [-0.4, -0.2) is 6.29 Å². The Kier molecular flexibility index (Phi) is 2.47. The van der Waals surface area contributed by atoms with Crippen molar-refractivity contribution < 1.29 is 18.0 Å². The van der Waals surface area contributed by atoms with E-state index in [1.54, 1.807) is 0 Å². The molecule has 0 heterocycles. The van der Waals surface area contributed by atoms with Crippen LogP contribution in [0.3, 0.4) is 0 Å². The van der Waals surface area contributed by atoms with Gasteiger partial charge in [-0.1, -0.05) is 0 Å². The Morgan fingerprint density at radius 3 is 2.25 bits per heavy atom. The van der Waals surface area contributed by atoms with E-state index in [2.05, 4.69) is 0 Å². The summed E-state index contributed by atoms with van der Waals surface area (Å²) in [5.74, 6) is -3.30. The Morgan fingerprint density at radius 1 is 1.08 bits per heavy atom. The van der Waals surface area contributed by atoms with Gasteiger partial charge in [0.05, 0.1) is 0 Å². The van der Waals surface area contributed by atoms with Crippen LogP contribution in [0, 0.1) is 17.5 Å². The maximum Gasteiger partial charge on any atom is 0.161 e. The molecule has 0 amide bonds. The Hall–Kier alpha value is -1.32. The molecule has 0 fully saturated rings. The van der Waals surface area contributed by atoms with Crippen LogP contribution in [0.5, 0.6) is 0 Å². The van der Waals surface area contributed by atoms with E-state index >= 15 is 0 Å². The van der Waals surface area contributed by atoms with Crippen LogP contribution in [-0.2, 0) is 11.2 Å². The first-order valence-electron chi connectivity index (χ1n) is 3.22. The fourth-order valence-electron chi connectivity index (χ4n) is 0.810. The van der Waals surface area contributed by atoms with Gasteiger partial charge in [0.25, 0.3) is 0 Å². The van der Waals surface area contributed by atoms with Crippen LogP contribution in [0.4, 0.5) is 13.2 Å². The Bertz CT molecular complexity index is 309. The Morgan fingerprint density at radius 2 is 1.67 bits per heavy atom. The third-order valence-electron chi connectivity index (χ3n) is 1.39. The van der Waals surface area contributed by atoms with E-state index in [9.17, 15) is 18.0 Å². The molecule has 1 aromatic carbocycles. The van der Waals surface area contributed by atoms with Crippen molar-refractivity contribution in [1.29, 1.82) is 0 Å². The first kappa shape index (κ1) is 8.77. The normalized spacial score (nSPS) is 9.92. The van der Waals surface area contributed by atoms with E-state index in [1.807, 2.05) is 0 Å². The lowest BCUT2D eigenvalue weighted by Crippen LogP contribution is -1.95. The lowest BCUT2D eigenvalue weighted by Gasteiger charge is -1.98. The molecule has 0 bridgehead atoms. The molecule has 0 saturated carbocycles. The third-order valence-corrected chi connectivity index (χ3v) is 1.39. The average Bonchev–Trinajstić information content (AvgIpc) is 2.01. The van der Waals surface area contributed by atoms with Crippen molar-refractivity contribution in [3.63, 3.8) is 0 Å². The highest BCUT2D eigenvalue weighted by atomic mass is 19.2. The van der Waals surface area contributed by atoms with E-state index in [4.69, 9.17) is 0 Å². The number of rotatable bonds is 2. The lowest BCUT2D eigenvalue weighted by atomic mass is 10.1. The zero-order valence-electron chi connectivity index (χ0n) is 5.98. The predicted molar refractivity (Wildman–Crippen MR) is 36.1 cm³/mol. The molecular weight excluding hydrogens is 169 g/mol. The smallest absolute Gasteiger partial charge is 0.161 e. The molecular formula is C8H5F3O. The molecule has 4 heteroatoms. The highest BCUT2D eigenvalue weighted by molar-refractivity contribution is 5.55. The summed E-state index contributed by atoms with van der Waals surface area (Å²) in [6.07, 6.45) is 0.179. The van der Waals surface area contributed by atoms with E-state index in [-0.39, 0.29) is 12.0 Å². The molecule has 1 rings (SSSR count). The second-order valence-electron chi connectivity index (χ2n) is 2.23. The quantitative estimate of drug-likeness (QED) is 0.494. The summed E-state index contributed by atoms with van der Waals surface area (Å²) in [6.45, 7) is 0. The number of halogens is 3. The molecule has 0 saturated heterocycles. The number of benzene rings is 1. The Labute approximate surface area is 66.8 Å². The fraction of sp³-hybridized carbons (Fsp3) is 0.125. The highest BCUT2D eigenvalue weighted by Crippen LogP contribution is 2.13. The van der Waals surface area contributed by atoms with Crippen LogP contribution in [0.2, 0.25) is 0 Å². The molecule has 12 heavy (non-hydrogen) atoms. The maximum absolute atomic E-state index is 12.7. The maximum atomic E-state index is 12.7. The predicted octanol–water partition coefficient (Wildman–Crippen LogP) is 1.85. The first-order chi connectivity index (χ1) is 5.65. The number of hydrogen-bond donors (Lipinski definition) is 0. The van der Waals surface area contributed by atoms with Gasteiger partial charge < -0.3 is 4.79 Å². The molecule has 1 aromatic rings. The van der Waals surface area contributed by atoms with Crippen molar-refractivity contribution >= 4 is 6.29 Å². The third kappa shape index (κ3) is 1.64. The van der Waals surface area contributed by atoms with Gasteiger partial charge in [-0.05, 0) is 11.6 Å². The second-order valence-corrected chi connectivity index (χ2v) is 2.23. The zero-order chi connectivity index (χ0) is 9.14. The molecule has 0 N–H and O–H groups in total. The molecule has 64 valence electrons. The van der Waals surface area contributed by atoms with Crippen molar-refractivity contribution in [3.05, 3.63) is 35.1 Å². The van der Waals surface area contributed by atoms with Gasteiger partial charge in [-0.2, -0.15) is 0 Å². The minimum atomic E-state index is -1.25. The number of aldehydes is 1. The van der Waals surface area contributed by atoms with Crippen molar-refractivity contribution in [2.24, 2.45) is 0 Å². The molecule has 0 aliphatic carbocycles. The topological polar surface area (TPSA) is 17.1 Å². The van der Waals surface area contributed by atoms with Crippen molar-refractivity contribution in [3.8, 4) is 0 Å². The SMILES string of the molecule is O=CCc1cc(F)c(F)cc1F. The average molecular weight is 174 g/mol. The van der Waals surface area contributed by atoms with Crippen molar-refractivity contribution in [2.45, 2.75) is 6.42 Å². The van der Waals surface area contributed by atoms with Gasteiger partial charge >= 0.3 is 0 Å². The zero-order valence-corrected chi connectivity index (χ0v) is 5.98. The summed E-state index contributed by atoms with van der Waals surface area (Å²) in [4.78, 5) is 9.94. The first-order valence-corrected chi connectivity index (χ1v) is 3.22. The van der Waals surface area contributed by atoms with E-state index in [1.165, 1.54) is 0 Å². The van der Waals surface area contributed by atoms with Crippen LogP contribution in [0.1, 0.15) is 5.56 Å². The summed E-state index contributed by atoms with van der Waals surface area (Å²) >= 11 is 0. The Balaban J connectivity index is 3.13. The van der Waals surface area contributed by atoms with E-state index in [0.29, 0.717) is 18.4 Å².